The fraction of sp³-hybridized carbons (Fsp3) is 0.875. The van der Waals surface area contributed by atoms with E-state index in [9.17, 15) is 4.79 Å². The van der Waals surface area contributed by atoms with Crippen LogP contribution in [0.1, 0.15) is 20.3 Å². The van der Waals surface area contributed by atoms with Gasteiger partial charge in [-0.1, -0.05) is 6.92 Å². The molecule has 0 unspecified atom stereocenters. The number of rotatable bonds is 0. The molecule has 1 aliphatic rings. The van der Waals surface area contributed by atoms with Gasteiger partial charge in [0.05, 0.1) is 0 Å². The van der Waals surface area contributed by atoms with Crippen molar-refractivity contribution in [3.05, 3.63) is 0 Å². The van der Waals surface area contributed by atoms with E-state index in [1.807, 2.05) is 6.92 Å². The summed E-state index contributed by atoms with van der Waals surface area (Å²) in [6, 6.07) is 0.432. The van der Waals surface area contributed by atoms with E-state index in [0.717, 1.165) is 13.0 Å². The van der Waals surface area contributed by atoms with Gasteiger partial charge in [-0.3, -0.25) is 4.79 Å². The van der Waals surface area contributed by atoms with Crippen LogP contribution < -0.4 is 0 Å². The van der Waals surface area contributed by atoms with Crippen molar-refractivity contribution < 1.29 is 4.79 Å². The van der Waals surface area contributed by atoms with Crippen LogP contribution in [-0.4, -0.2) is 30.3 Å². The lowest BCUT2D eigenvalue weighted by molar-refractivity contribution is -0.127. The van der Waals surface area contributed by atoms with Crippen LogP contribution in [0.2, 0.25) is 0 Å². The van der Waals surface area contributed by atoms with Crippen LogP contribution in [0.3, 0.4) is 0 Å². The molecule has 58 valence electrons. The van der Waals surface area contributed by atoms with E-state index < -0.39 is 0 Å². The molecule has 0 N–H and O–H groups in total. The minimum absolute atomic E-state index is 0.235. The third kappa shape index (κ3) is 1.21. The molecule has 10 heavy (non-hydrogen) atoms. The lowest BCUT2D eigenvalue weighted by Gasteiger charge is -2.33. The molecule has 1 heterocycles. The van der Waals surface area contributed by atoms with E-state index in [-0.39, 0.29) is 5.92 Å². The zero-order valence-electron chi connectivity index (χ0n) is 6.92. The van der Waals surface area contributed by atoms with Crippen LogP contribution in [-0.2, 0) is 4.79 Å². The van der Waals surface area contributed by atoms with E-state index in [0.29, 0.717) is 11.8 Å². The molecule has 0 aliphatic carbocycles. The fourth-order valence-electron chi connectivity index (χ4n) is 1.37. The Labute approximate surface area is 62.2 Å². The predicted octanol–water partition coefficient (Wildman–Crippen LogP) is 0.916. The fourth-order valence-corrected chi connectivity index (χ4v) is 1.37. The number of Topliss-reactive ketones (excluding diaryl/α,β-unsaturated/α-hetero) is 1. The topological polar surface area (TPSA) is 20.3 Å². The third-order valence-electron chi connectivity index (χ3n) is 2.64. The summed E-state index contributed by atoms with van der Waals surface area (Å²) < 4.78 is 0. The van der Waals surface area contributed by atoms with Crippen molar-refractivity contribution in [3.8, 4) is 0 Å². The van der Waals surface area contributed by atoms with Crippen molar-refractivity contribution in [1.29, 1.82) is 0 Å². The predicted molar refractivity (Wildman–Crippen MR) is 40.9 cm³/mol. The molecule has 1 saturated heterocycles. The Kier molecular flexibility index (Phi) is 2.09. The van der Waals surface area contributed by atoms with Crippen molar-refractivity contribution in [3.63, 3.8) is 0 Å². The first-order valence-corrected chi connectivity index (χ1v) is 3.86. The lowest BCUT2D eigenvalue weighted by Crippen LogP contribution is -2.44. The maximum absolute atomic E-state index is 11.1. The maximum Gasteiger partial charge on any atom is 0.138 e. The summed E-state index contributed by atoms with van der Waals surface area (Å²) in [6.45, 7) is 5.06. The minimum atomic E-state index is 0.235. The first-order chi connectivity index (χ1) is 4.63. The summed E-state index contributed by atoms with van der Waals surface area (Å²) in [7, 11) is 2.08. The molecule has 1 fully saturated rings. The van der Waals surface area contributed by atoms with Gasteiger partial charge in [0.15, 0.2) is 0 Å². The first-order valence-electron chi connectivity index (χ1n) is 3.86. The lowest BCUT2D eigenvalue weighted by atomic mass is 9.91. The molecule has 2 heteroatoms. The zero-order valence-corrected chi connectivity index (χ0v) is 6.92. The highest BCUT2D eigenvalue weighted by atomic mass is 16.1. The zero-order chi connectivity index (χ0) is 7.72. The van der Waals surface area contributed by atoms with Crippen molar-refractivity contribution in [2.75, 3.05) is 13.6 Å². The number of nitrogens with zero attached hydrogens (tertiary/aromatic N) is 1. The molecule has 0 saturated carbocycles. The Morgan fingerprint density at radius 1 is 1.50 bits per heavy atom. The Balaban J connectivity index is 2.60. The smallest absolute Gasteiger partial charge is 0.138 e. The molecule has 0 spiro atoms. The van der Waals surface area contributed by atoms with Gasteiger partial charge in [-0.05, 0) is 14.0 Å². The summed E-state index contributed by atoms with van der Waals surface area (Å²) in [5.41, 5.74) is 0. The number of piperidine rings is 1. The first kappa shape index (κ1) is 7.73. The Bertz CT molecular complexity index is 144. The minimum Gasteiger partial charge on any atom is -0.303 e. The van der Waals surface area contributed by atoms with Crippen molar-refractivity contribution in [1.82, 2.24) is 4.90 Å². The molecule has 1 rings (SSSR count). The number of ketones is 1. The molecular weight excluding hydrogens is 126 g/mol. The second kappa shape index (κ2) is 2.70. The Morgan fingerprint density at radius 3 is 2.60 bits per heavy atom. The summed E-state index contributed by atoms with van der Waals surface area (Å²) in [5.74, 6) is 0.657. The second-order valence-electron chi connectivity index (χ2n) is 3.23. The number of carbonyl (C=O) groups excluding carboxylic acids is 1. The van der Waals surface area contributed by atoms with E-state index in [1.54, 1.807) is 0 Å². The van der Waals surface area contributed by atoms with Gasteiger partial charge in [0.2, 0.25) is 0 Å². The molecule has 0 aromatic heterocycles. The molecule has 0 bridgehead atoms. The number of carbonyl (C=O) groups is 1. The molecular formula is C8H15NO. The van der Waals surface area contributed by atoms with Crippen molar-refractivity contribution >= 4 is 5.78 Å². The van der Waals surface area contributed by atoms with Gasteiger partial charge < -0.3 is 4.90 Å². The van der Waals surface area contributed by atoms with E-state index in [4.69, 9.17) is 0 Å². The summed E-state index contributed by atoms with van der Waals surface area (Å²) in [6.07, 6.45) is 0.738. The normalized spacial score (nSPS) is 36.5. The second-order valence-corrected chi connectivity index (χ2v) is 3.23. The maximum atomic E-state index is 11.1. The van der Waals surface area contributed by atoms with Gasteiger partial charge in [0, 0.05) is 24.9 Å². The summed E-state index contributed by atoms with van der Waals surface area (Å²) in [4.78, 5) is 13.4. The summed E-state index contributed by atoms with van der Waals surface area (Å²) in [5, 5.41) is 0. The van der Waals surface area contributed by atoms with Crippen LogP contribution in [0, 0.1) is 5.92 Å². The SMILES string of the molecule is C[C@@H]1[C@@H](C)C(=O)CCN1C. The number of likely N-dealkylation sites (tertiary alicyclic amines) is 1. The molecule has 0 radical (unpaired) electrons. The van der Waals surface area contributed by atoms with Gasteiger partial charge in [-0.15, -0.1) is 0 Å². The van der Waals surface area contributed by atoms with Gasteiger partial charge >= 0.3 is 0 Å². The molecule has 2 nitrogen and oxygen atoms in total. The third-order valence-corrected chi connectivity index (χ3v) is 2.64. The molecule has 1 aliphatic heterocycles. The van der Waals surface area contributed by atoms with E-state index in [1.165, 1.54) is 0 Å². The Hall–Kier alpha value is -0.370. The Morgan fingerprint density at radius 2 is 2.10 bits per heavy atom. The van der Waals surface area contributed by atoms with Crippen LogP contribution in [0.25, 0.3) is 0 Å². The largest absolute Gasteiger partial charge is 0.303 e. The monoisotopic (exact) mass is 141 g/mol. The van der Waals surface area contributed by atoms with Gasteiger partial charge in [-0.2, -0.15) is 0 Å². The molecule has 0 aromatic carbocycles. The van der Waals surface area contributed by atoms with Crippen LogP contribution in [0.4, 0.5) is 0 Å². The molecule has 2 atom stereocenters. The van der Waals surface area contributed by atoms with Crippen LogP contribution in [0.5, 0.6) is 0 Å². The van der Waals surface area contributed by atoms with Crippen molar-refractivity contribution in [2.45, 2.75) is 26.3 Å². The van der Waals surface area contributed by atoms with Crippen molar-refractivity contribution in [2.24, 2.45) is 5.92 Å². The van der Waals surface area contributed by atoms with Crippen LogP contribution in [0.15, 0.2) is 0 Å². The van der Waals surface area contributed by atoms with Gasteiger partial charge in [-0.25, -0.2) is 0 Å². The molecule has 0 amide bonds. The van der Waals surface area contributed by atoms with E-state index >= 15 is 0 Å². The average Bonchev–Trinajstić information content (AvgIpc) is 1.93. The van der Waals surface area contributed by atoms with Gasteiger partial charge in [0.1, 0.15) is 5.78 Å². The highest BCUT2D eigenvalue weighted by Gasteiger charge is 2.27. The van der Waals surface area contributed by atoms with Gasteiger partial charge in [0.25, 0.3) is 0 Å². The number of hydrogen-bond acceptors (Lipinski definition) is 2. The standard InChI is InChI=1S/C8H15NO/c1-6-7(2)9(3)5-4-8(6)10/h6-7H,4-5H2,1-3H3/t6-,7-/m1/s1. The quantitative estimate of drug-likeness (QED) is 0.500. The van der Waals surface area contributed by atoms with E-state index in [2.05, 4.69) is 18.9 Å². The highest BCUT2D eigenvalue weighted by molar-refractivity contribution is 5.82. The van der Waals surface area contributed by atoms with Crippen LogP contribution >= 0.6 is 0 Å². The summed E-state index contributed by atoms with van der Waals surface area (Å²) >= 11 is 0. The molecule has 0 aromatic rings. The average molecular weight is 141 g/mol. The number of hydrogen-bond donors (Lipinski definition) is 0. The highest BCUT2D eigenvalue weighted by Crippen LogP contribution is 2.17.